The minimum Gasteiger partial charge on any atom is -0.459 e. The molecule has 9 nitrogen and oxygen atoms in total. The van der Waals surface area contributed by atoms with Crippen molar-refractivity contribution in [3.63, 3.8) is 0 Å². The lowest BCUT2D eigenvalue weighted by molar-refractivity contribution is -0.151. The van der Waals surface area contributed by atoms with Crippen molar-refractivity contribution < 1.29 is 43.5 Å². The quantitative estimate of drug-likeness (QED) is 0.360. The van der Waals surface area contributed by atoms with Crippen molar-refractivity contribution >= 4 is 17.9 Å². The highest BCUT2D eigenvalue weighted by Crippen LogP contribution is 2.29. The summed E-state index contributed by atoms with van der Waals surface area (Å²) in [6, 6.07) is 24.2. The van der Waals surface area contributed by atoms with Crippen LogP contribution in [0.25, 0.3) is 0 Å². The van der Waals surface area contributed by atoms with Crippen LogP contribution in [0.4, 0.5) is 0 Å². The van der Waals surface area contributed by atoms with Crippen molar-refractivity contribution in [1.29, 1.82) is 0 Å². The molecule has 1 saturated heterocycles. The second-order valence-corrected chi connectivity index (χ2v) is 7.99. The summed E-state index contributed by atoms with van der Waals surface area (Å²) in [4.78, 5) is 37.7. The molecule has 0 amide bonds. The van der Waals surface area contributed by atoms with Gasteiger partial charge >= 0.3 is 17.9 Å². The molecule has 2 N–H and O–H groups in total. The summed E-state index contributed by atoms with van der Waals surface area (Å²) < 4.78 is 21.5. The molecule has 5 atom stereocenters. The molecule has 1 heterocycles. The summed E-state index contributed by atoms with van der Waals surface area (Å²) in [5.41, 5.74) is 0.688. The van der Waals surface area contributed by atoms with Gasteiger partial charge in [0.15, 0.2) is 18.5 Å². The number of ether oxygens (including phenoxy) is 4. The maximum Gasteiger partial charge on any atom is 0.338 e. The van der Waals surface area contributed by atoms with Gasteiger partial charge in [0.05, 0.1) is 16.7 Å². The molecule has 0 unspecified atom stereocenters. The fraction of sp³-hybridized carbons (Fsp3) is 0.222. The largest absolute Gasteiger partial charge is 0.459 e. The van der Waals surface area contributed by atoms with Crippen molar-refractivity contribution in [2.75, 3.05) is 6.61 Å². The molecule has 1 aliphatic rings. The number of hydrogen-bond donors (Lipinski definition) is 2. The topological polar surface area (TPSA) is 129 Å². The number of benzene rings is 3. The van der Waals surface area contributed by atoms with E-state index in [9.17, 15) is 24.6 Å². The molecule has 3 aromatic rings. The third-order valence-corrected chi connectivity index (χ3v) is 5.50. The number of aliphatic hydroxyl groups is 2. The van der Waals surface area contributed by atoms with Gasteiger partial charge in [0, 0.05) is 0 Å². The minimum atomic E-state index is -1.71. The first-order chi connectivity index (χ1) is 17.4. The van der Waals surface area contributed by atoms with Gasteiger partial charge in [0.1, 0.15) is 18.8 Å². The number of aliphatic hydroxyl groups excluding tert-OH is 2. The van der Waals surface area contributed by atoms with Crippen LogP contribution in [0.2, 0.25) is 0 Å². The van der Waals surface area contributed by atoms with Gasteiger partial charge in [-0.2, -0.15) is 0 Å². The van der Waals surface area contributed by atoms with Crippen LogP contribution >= 0.6 is 0 Å². The molecular weight excluding hydrogens is 468 g/mol. The van der Waals surface area contributed by atoms with Crippen LogP contribution in [0.1, 0.15) is 31.1 Å². The van der Waals surface area contributed by atoms with Crippen LogP contribution < -0.4 is 0 Å². The molecule has 0 aliphatic carbocycles. The van der Waals surface area contributed by atoms with E-state index in [0.29, 0.717) is 0 Å². The zero-order chi connectivity index (χ0) is 25.5. The predicted molar refractivity (Wildman–Crippen MR) is 125 cm³/mol. The summed E-state index contributed by atoms with van der Waals surface area (Å²) in [7, 11) is 0. The molecule has 1 fully saturated rings. The number of carbonyl (C=O) groups is 3. The van der Waals surface area contributed by atoms with E-state index in [1.54, 1.807) is 66.7 Å². The van der Waals surface area contributed by atoms with Crippen molar-refractivity contribution in [3.05, 3.63) is 108 Å². The van der Waals surface area contributed by atoms with Gasteiger partial charge in [-0.15, -0.1) is 0 Å². The highest BCUT2D eigenvalue weighted by Gasteiger charge is 2.52. The van der Waals surface area contributed by atoms with Crippen molar-refractivity contribution in [2.24, 2.45) is 0 Å². The van der Waals surface area contributed by atoms with Gasteiger partial charge in [-0.05, 0) is 36.4 Å². The third-order valence-electron chi connectivity index (χ3n) is 5.50. The SMILES string of the molecule is O=C(OC[C@H](O)[C@H]1O[C@H](O)[C@@H](OC(=O)c2ccccc2)[C@@H]1OC(=O)c1ccccc1)c1ccccc1. The number of esters is 3. The lowest BCUT2D eigenvalue weighted by Gasteiger charge is -2.25. The average Bonchev–Trinajstić information content (AvgIpc) is 3.22. The Bertz CT molecular complexity index is 1170. The standard InChI is InChI=1S/C27H24O9/c28-20(16-33-24(29)17-10-4-1-5-11-17)21-22(35-25(30)18-12-6-2-7-13-18)23(27(32)34-21)36-26(31)19-14-8-3-9-15-19/h1-15,20-23,27-28,32H,16H2/t20-,21+,22+,23-,27-/m0/s1. The van der Waals surface area contributed by atoms with Crippen LogP contribution in [-0.2, 0) is 18.9 Å². The molecule has 0 radical (unpaired) electrons. The summed E-state index contributed by atoms with van der Waals surface area (Å²) in [5, 5.41) is 21.2. The smallest absolute Gasteiger partial charge is 0.338 e. The molecule has 186 valence electrons. The minimum absolute atomic E-state index is 0.204. The van der Waals surface area contributed by atoms with Gasteiger partial charge < -0.3 is 29.2 Å². The lowest BCUT2D eigenvalue weighted by Crippen LogP contribution is -2.45. The Morgan fingerprint density at radius 1 is 0.694 bits per heavy atom. The van der Waals surface area contributed by atoms with E-state index in [1.807, 2.05) is 0 Å². The van der Waals surface area contributed by atoms with Gasteiger partial charge in [-0.3, -0.25) is 0 Å². The summed E-state index contributed by atoms with van der Waals surface area (Å²) in [6.45, 7) is -0.524. The zero-order valence-electron chi connectivity index (χ0n) is 19.0. The van der Waals surface area contributed by atoms with E-state index in [1.165, 1.54) is 24.3 Å². The van der Waals surface area contributed by atoms with Crippen LogP contribution in [-0.4, -0.2) is 65.4 Å². The fourth-order valence-corrected chi connectivity index (χ4v) is 3.68. The fourth-order valence-electron chi connectivity index (χ4n) is 3.68. The first kappa shape index (κ1) is 25.1. The molecular formula is C27H24O9. The van der Waals surface area contributed by atoms with E-state index in [2.05, 4.69) is 0 Å². The summed E-state index contributed by atoms with van der Waals surface area (Å²) >= 11 is 0. The molecule has 9 heteroatoms. The average molecular weight is 492 g/mol. The normalized spacial score (nSPS) is 21.8. The van der Waals surface area contributed by atoms with E-state index < -0.39 is 55.2 Å². The number of carbonyl (C=O) groups excluding carboxylic acids is 3. The van der Waals surface area contributed by atoms with E-state index in [0.717, 1.165) is 0 Å². The van der Waals surface area contributed by atoms with Crippen LogP contribution in [0.15, 0.2) is 91.0 Å². The van der Waals surface area contributed by atoms with Gasteiger partial charge in [0.2, 0.25) is 0 Å². The number of rotatable bonds is 8. The second kappa shape index (κ2) is 11.6. The summed E-state index contributed by atoms with van der Waals surface area (Å²) in [6.07, 6.45) is -7.43. The predicted octanol–water partition coefficient (Wildman–Crippen LogP) is 2.37. The van der Waals surface area contributed by atoms with Crippen LogP contribution in [0, 0.1) is 0 Å². The maximum absolute atomic E-state index is 12.8. The first-order valence-corrected chi connectivity index (χ1v) is 11.2. The lowest BCUT2D eigenvalue weighted by atomic mass is 10.1. The molecule has 0 saturated carbocycles. The number of hydrogen-bond acceptors (Lipinski definition) is 9. The van der Waals surface area contributed by atoms with Gasteiger partial charge in [-0.25, -0.2) is 14.4 Å². The third kappa shape index (κ3) is 5.95. The Kier molecular flexibility index (Phi) is 8.06. The molecule has 0 aromatic heterocycles. The Hall–Kier alpha value is -4.05. The molecule has 3 aromatic carbocycles. The molecule has 0 bridgehead atoms. The van der Waals surface area contributed by atoms with E-state index in [-0.39, 0.29) is 16.7 Å². The zero-order valence-corrected chi connectivity index (χ0v) is 19.0. The van der Waals surface area contributed by atoms with E-state index >= 15 is 0 Å². The summed E-state index contributed by atoms with van der Waals surface area (Å²) in [5.74, 6) is -2.25. The first-order valence-electron chi connectivity index (χ1n) is 11.2. The van der Waals surface area contributed by atoms with Crippen LogP contribution in [0.3, 0.4) is 0 Å². The Balaban J connectivity index is 1.51. The molecule has 0 spiro atoms. The monoisotopic (exact) mass is 492 g/mol. The van der Waals surface area contributed by atoms with Crippen molar-refractivity contribution in [1.82, 2.24) is 0 Å². The second-order valence-electron chi connectivity index (χ2n) is 7.99. The van der Waals surface area contributed by atoms with Gasteiger partial charge in [0.25, 0.3) is 0 Å². The molecule has 36 heavy (non-hydrogen) atoms. The Morgan fingerprint density at radius 3 is 1.58 bits per heavy atom. The molecule has 4 rings (SSSR count). The highest BCUT2D eigenvalue weighted by atomic mass is 16.7. The van der Waals surface area contributed by atoms with Crippen molar-refractivity contribution in [2.45, 2.75) is 30.7 Å². The van der Waals surface area contributed by atoms with Crippen LogP contribution in [0.5, 0.6) is 0 Å². The van der Waals surface area contributed by atoms with Crippen molar-refractivity contribution in [3.8, 4) is 0 Å². The maximum atomic E-state index is 12.8. The van der Waals surface area contributed by atoms with Gasteiger partial charge in [-0.1, -0.05) is 54.6 Å². The Labute approximate surface area is 206 Å². The molecule has 1 aliphatic heterocycles. The Morgan fingerprint density at radius 2 is 1.11 bits per heavy atom. The van der Waals surface area contributed by atoms with E-state index in [4.69, 9.17) is 18.9 Å². The highest BCUT2D eigenvalue weighted by molar-refractivity contribution is 5.90.